The number of halogens is 1. The summed E-state index contributed by atoms with van der Waals surface area (Å²) in [6.07, 6.45) is 2.50. The summed E-state index contributed by atoms with van der Waals surface area (Å²) < 4.78 is 7.20. The van der Waals surface area contributed by atoms with Gasteiger partial charge < -0.3 is 9.73 Å². The predicted octanol–water partition coefficient (Wildman–Crippen LogP) is 2.79. The number of nitrogens with zero attached hydrogens (tertiary/aromatic N) is 2. The first-order valence-electron chi connectivity index (χ1n) is 5.93. The molecule has 0 aromatic carbocycles. The van der Waals surface area contributed by atoms with Gasteiger partial charge in [-0.3, -0.25) is 4.68 Å². The lowest BCUT2D eigenvalue weighted by molar-refractivity contribution is 0.506. The van der Waals surface area contributed by atoms with E-state index in [2.05, 4.69) is 10.4 Å². The third-order valence-electron chi connectivity index (χ3n) is 3.28. The summed E-state index contributed by atoms with van der Waals surface area (Å²) in [7, 11) is 3.86. The van der Waals surface area contributed by atoms with Crippen LogP contribution >= 0.6 is 11.6 Å². The Morgan fingerprint density at radius 2 is 2.22 bits per heavy atom. The van der Waals surface area contributed by atoms with Gasteiger partial charge in [-0.25, -0.2) is 0 Å². The Morgan fingerprint density at radius 3 is 2.67 bits per heavy atom. The molecule has 98 valence electrons. The van der Waals surface area contributed by atoms with Crippen LogP contribution in [0.2, 0.25) is 5.02 Å². The van der Waals surface area contributed by atoms with E-state index in [4.69, 9.17) is 16.0 Å². The van der Waals surface area contributed by atoms with Gasteiger partial charge in [-0.2, -0.15) is 5.10 Å². The van der Waals surface area contributed by atoms with Crippen molar-refractivity contribution >= 4 is 11.6 Å². The van der Waals surface area contributed by atoms with E-state index in [9.17, 15) is 0 Å². The zero-order valence-electron chi connectivity index (χ0n) is 11.1. The second kappa shape index (κ2) is 5.16. The fourth-order valence-corrected chi connectivity index (χ4v) is 2.46. The van der Waals surface area contributed by atoms with Gasteiger partial charge in [0.15, 0.2) is 0 Å². The Morgan fingerprint density at radius 1 is 1.50 bits per heavy atom. The number of aryl methyl sites for hydroxylation is 3. The number of furan rings is 1. The van der Waals surface area contributed by atoms with Crippen LogP contribution in [0.3, 0.4) is 0 Å². The Hall–Kier alpha value is -1.26. The first kappa shape index (κ1) is 13.2. The van der Waals surface area contributed by atoms with E-state index in [1.54, 1.807) is 6.26 Å². The fourth-order valence-electron chi connectivity index (χ4n) is 2.22. The molecule has 4 nitrogen and oxygen atoms in total. The molecule has 18 heavy (non-hydrogen) atoms. The number of likely N-dealkylation sites (N-methyl/N-ethyl adjacent to an activating group) is 1. The van der Waals surface area contributed by atoms with Crippen LogP contribution in [-0.2, 0) is 13.5 Å². The molecular formula is C13H18ClN3O. The van der Waals surface area contributed by atoms with Crippen molar-refractivity contribution in [2.75, 3.05) is 7.05 Å². The molecule has 2 heterocycles. The molecule has 2 aromatic rings. The Labute approximate surface area is 112 Å². The van der Waals surface area contributed by atoms with Gasteiger partial charge in [0.1, 0.15) is 5.76 Å². The van der Waals surface area contributed by atoms with E-state index in [0.717, 1.165) is 34.2 Å². The van der Waals surface area contributed by atoms with Crippen molar-refractivity contribution in [1.29, 1.82) is 0 Å². The van der Waals surface area contributed by atoms with Gasteiger partial charge >= 0.3 is 0 Å². The molecule has 1 N–H and O–H groups in total. The van der Waals surface area contributed by atoms with Crippen molar-refractivity contribution in [3.8, 4) is 0 Å². The van der Waals surface area contributed by atoms with E-state index in [1.165, 1.54) is 0 Å². The average molecular weight is 268 g/mol. The maximum absolute atomic E-state index is 6.28. The molecule has 0 amide bonds. The summed E-state index contributed by atoms with van der Waals surface area (Å²) in [4.78, 5) is 0. The molecule has 0 aliphatic carbocycles. The molecule has 0 aliphatic rings. The van der Waals surface area contributed by atoms with Gasteiger partial charge in [0.2, 0.25) is 0 Å². The van der Waals surface area contributed by atoms with Crippen molar-refractivity contribution in [2.45, 2.75) is 26.3 Å². The van der Waals surface area contributed by atoms with Crippen LogP contribution in [0.5, 0.6) is 0 Å². The third-order valence-corrected chi connectivity index (χ3v) is 3.77. The van der Waals surface area contributed by atoms with Gasteiger partial charge in [0.25, 0.3) is 0 Å². The smallest absolute Gasteiger partial charge is 0.105 e. The lowest BCUT2D eigenvalue weighted by Crippen LogP contribution is -2.20. The molecule has 1 atom stereocenters. The molecular weight excluding hydrogens is 250 g/mol. The summed E-state index contributed by atoms with van der Waals surface area (Å²) >= 11 is 6.28. The van der Waals surface area contributed by atoms with E-state index < -0.39 is 0 Å². The van der Waals surface area contributed by atoms with Crippen molar-refractivity contribution in [2.24, 2.45) is 7.05 Å². The van der Waals surface area contributed by atoms with Crippen molar-refractivity contribution < 1.29 is 4.42 Å². The number of hydrogen-bond acceptors (Lipinski definition) is 3. The van der Waals surface area contributed by atoms with Crippen molar-refractivity contribution in [3.63, 3.8) is 0 Å². The number of hydrogen-bond donors (Lipinski definition) is 1. The minimum atomic E-state index is 0.177. The largest absolute Gasteiger partial charge is 0.469 e. The van der Waals surface area contributed by atoms with Gasteiger partial charge in [0, 0.05) is 25.1 Å². The molecule has 5 heteroatoms. The predicted molar refractivity (Wildman–Crippen MR) is 71.9 cm³/mol. The maximum atomic E-state index is 6.28. The van der Waals surface area contributed by atoms with Gasteiger partial charge in [-0.1, -0.05) is 11.6 Å². The lowest BCUT2D eigenvalue weighted by atomic mass is 10.0. The van der Waals surface area contributed by atoms with Crippen molar-refractivity contribution in [3.05, 3.63) is 40.1 Å². The highest BCUT2D eigenvalue weighted by Gasteiger charge is 2.19. The number of aromatic nitrogens is 2. The second-order valence-electron chi connectivity index (χ2n) is 4.45. The van der Waals surface area contributed by atoms with Crippen LogP contribution in [0.25, 0.3) is 0 Å². The Bertz CT molecular complexity index is 544. The summed E-state index contributed by atoms with van der Waals surface area (Å²) in [6, 6.07) is 2.17. The Kier molecular flexibility index (Phi) is 3.78. The maximum Gasteiger partial charge on any atom is 0.105 e. The fraction of sp³-hybridized carbons (Fsp3) is 0.462. The molecule has 2 rings (SSSR count). The highest BCUT2D eigenvalue weighted by Crippen LogP contribution is 2.27. The van der Waals surface area contributed by atoms with Gasteiger partial charge in [-0.05, 0) is 27.0 Å². The highest BCUT2D eigenvalue weighted by molar-refractivity contribution is 6.31. The quantitative estimate of drug-likeness (QED) is 0.926. The lowest BCUT2D eigenvalue weighted by Gasteiger charge is -2.16. The number of rotatable bonds is 4. The minimum absolute atomic E-state index is 0.177. The van der Waals surface area contributed by atoms with Crippen LogP contribution in [-0.4, -0.2) is 16.8 Å². The van der Waals surface area contributed by atoms with Crippen LogP contribution in [0.15, 0.2) is 16.7 Å². The first-order valence-corrected chi connectivity index (χ1v) is 6.31. The number of nitrogens with one attached hydrogen (secondary N) is 1. The van der Waals surface area contributed by atoms with E-state index >= 15 is 0 Å². The zero-order valence-corrected chi connectivity index (χ0v) is 11.9. The molecule has 0 saturated heterocycles. The van der Waals surface area contributed by atoms with E-state index in [-0.39, 0.29) is 6.04 Å². The minimum Gasteiger partial charge on any atom is -0.469 e. The van der Waals surface area contributed by atoms with Crippen LogP contribution in [0.1, 0.15) is 28.8 Å². The summed E-state index contributed by atoms with van der Waals surface area (Å²) in [6.45, 7) is 3.89. The molecule has 0 aliphatic heterocycles. The topological polar surface area (TPSA) is 43.0 Å². The SMILES string of the molecule is CNC(Cc1c(Cl)c(C)nn1C)c1ccoc1C. The molecule has 0 saturated carbocycles. The monoisotopic (exact) mass is 267 g/mol. The normalized spacial score (nSPS) is 12.9. The molecule has 2 aromatic heterocycles. The summed E-state index contributed by atoms with van der Waals surface area (Å²) in [5, 5.41) is 8.38. The van der Waals surface area contributed by atoms with Crippen LogP contribution < -0.4 is 5.32 Å². The van der Waals surface area contributed by atoms with Crippen LogP contribution in [0.4, 0.5) is 0 Å². The zero-order chi connectivity index (χ0) is 13.3. The molecule has 0 radical (unpaired) electrons. The van der Waals surface area contributed by atoms with Crippen molar-refractivity contribution in [1.82, 2.24) is 15.1 Å². The highest BCUT2D eigenvalue weighted by atomic mass is 35.5. The Balaban J connectivity index is 2.29. The molecule has 0 spiro atoms. The average Bonchev–Trinajstić information content (AvgIpc) is 2.84. The standard InChI is InChI=1S/C13H18ClN3O/c1-8-13(14)12(17(4)16-8)7-11(15-3)10-5-6-18-9(10)2/h5-6,11,15H,7H2,1-4H3. The molecule has 0 fully saturated rings. The third kappa shape index (κ3) is 2.31. The van der Waals surface area contributed by atoms with Crippen LogP contribution in [0, 0.1) is 13.8 Å². The first-order chi connectivity index (χ1) is 8.54. The van der Waals surface area contributed by atoms with E-state index in [0.29, 0.717) is 0 Å². The van der Waals surface area contributed by atoms with Gasteiger partial charge in [0.05, 0.1) is 22.7 Å². The molecule has 1 unspecified atom stereocenters. The van der Waals surface area contributed by atoms with E-state index in [1.807, 2.05) is 38.7 Å². The molecule has 0 bridgehead atoms. The second-order valence-corrected chi connectivity index (χ2v) is 4.83. The summed E-state index contributed by atoms with van der Waals surface area (Å²) in [5.41, 5.74) is 3.06. The van der Waals surface area contributed by atoms with Gasteiger partial charge in [-0.15, -0.1) is 0 Å². The summed E-state index contributed by atoms with van der Waals surface area (Å²) in [5.74, 6) is 0.935.